The molecule has 4 aromatic rings. The summed E-state index contributed by atoms with van der Waals surface area (Å²) in [6.45, 7) is 4.96. The van der Waals surface area contributed by atoms with Gasteiger partial charge in [-0.15, -0.1) is 0 Å². The van der Waals surface area contributed by atoms with Crippen molar-refractivity contribution in [1.29, 1.82) is 0 Å². The van der Waals surface area contributed by atoms with E-state index in [1.165, 1.54) is 6.07 Å². The predicted molar refractivity (Wildman–Crippen MR) is 156 cm³/mol. The predicted octanol–water partition coefficient (Wildman–Crippen LogP) is 7.14. The molecule has 0 unspecified atom stereocenters. The minimum Gasteiger partial charge on any atom is -0.506 e. The highest BCUT2D eigenvalue weighted by molar-refractivity contribution is 9.10. The maximum atomic E-state index is 13.4. The summed E-state index contributed by atoms with van der Waals surface area (Å²) in [5, 5.41) is 15.5. The second kappa shape index (κ2) is 12.1. The molecular weight excluding hydrogens is 578 g/mol. The van der Waals surface area contributed by atoms with Crippen LogP contribution in [0.3, 0.4) is 0 Å². The lowest BCUT2D eigenvalue weighted by Gasteiger charge is -2.29. The Morgan fingerprint density at radius 3 is 2.27 bits per heavy atom. The fourth-order valence-corrected chi connectivity index (χ4v) is 4.09. The van der Waals surface area contributed by atoms with Crippen molar-refractivity contribution in [3.63, 3.8) is 0 Å². The normalized spacial score (nSPS) is 11.0. The van der Waals surface area contributed by atoms with E-state index >= 15 is 0 Å². The third-order valence-corrected chi connectivity index (χ3v) is 6.10. The first-order valence-electron chi connectivity index (χ1n) is 12.3. The molecule has 0 radical (unpaired) electrons. The SMILES string of the molecule is CC(C)(C)OC(=O)N(NC(=O)OCc1ccccc1)c1c(O)ccc2cccc(NC(=O)c3ccc(Br)cc3)c12. The number of hydrazine groups is 1. The number of anilines is 2. The van der Waals surface area contributed by atoms with E-state index in [0.29, 0.717) is 22.0 Å². The number of benzene rings is 4. The van der Waals surface area contributed by atoms with Gasteiger partial charge in [-0.25, -0.2) is 15.0 Å². The van der Waals surface area contributed by atoms with E-state index in [-0.39, 0.29) is 18.0 Å². The number of ether oxygens (including phenoxy) is 2. The molecule has 0 fully saturated rings. The molecule has 0 aliphatic rings. The van der Waals surface area contributed by atoms with Crippen molar-refractivity contribution in [3.05, 3.63) is 101 Å². The number of phenolic OH excluding ortho intramolecular Hbond substituents is 1. The molecule has 4 aromatic carbocycles. The van der Waals surface area contributed by atoms with Gasteiger partial charge < -0.3 is 19.9 Å². The van der Waals surface area contributed by atoms with Gasteiger partial charge >= 0.3 is 12.2 Å². The van der Waals surface area contributed by atoms with Crippen LogP contribution in [0.5, 0.6) is 5.75 Å². The molecule has 4 rings (SSSR count). The van der Waals surface area contributed by atoms with Gasteiger partial charge in [0.15, 0.2) is 0 Å². The Hall–Kier alpha value is -4.57. The summed E-state index contributed by atoms with van der Waals surface area (Å²) >= 11 is 3.35. The average molecular weight is 606 g/mol. The van der Waals surface area contributed by atoms with Crippen LogP contribution in [0, 0.1) is 0 Å². The Labute approximate surface area is 239 Å². The lowest BCUT2D eigenvalue weighted by molar-refractivity contribution is 0.0549. The van der Waals surface area contributed by atoms with Crippen molar-refractivity contribution >= 4 is 56.2 Å². The van der Waals surface area contributed by atoms with Gasteiger partial charge in [0.1, 0.15) is 23.6 Å². The molecule has 9 nitrogen and oxygen atoms in total. The number of halogens is 1. The summed E-state index contributed by atoms with van der Waals surface area (Å²) in [6.07, 6.45) is -1.93. The van der Waals surface area contributed by atoms with Gasteiger partial charge in [0.05, 0.1) is 5.69 Å². The molecule has 0 aliphatic heterocycles. The molecule has 0 aliphatic carbocycles. The van der Waals surface area contributed by atoms with Gasteiger partial charge in [-0.2, -0.15) is 5.01 Å². The van der Waals surface area contributed by atoms with E-state index in [9.17, 15) is 19.5 Å². The number of nitrogens with zero attached hydrogens (tertiary/aromatic N) is 1. The van der Waals surface area contributed by atoms with Crippen LogP contribution in [0.2, 0.25) is 0 Å². The lowest BCUT2D eigenvalue weighted by atomic mass is 10.0. The first-order chi connectivity index (χ1) is 19.0. The van der Waals surface area contributed by atoms with Gasteiger partial charge in [-0.05, 0) is 68.1 Å². The number of hydrogen-bond acceptors (Lipinski definition) is 6. The minimum atomic E-state index is -0.971. The van der Waals surface area contributed by atoms with E-state index in [4.69, 9.17) is 9.47 Å². The quantitative estimate of drug-likeness (QED) is 0.208. The maximum Gasteiger partial charge on any atom is 0.434 e. The van der Waals surface area contributed by atoms with Crippen LogP contribution in [0.15, 0.2) is 89.4 Å². The largest absolute Gasteiger partial charge is 0.506 e. The fraction of sp³-hybridized carbons (Fsp3) is 0.167. The molecule has 0 bridgehead atoms. The number of carbonyl (C=O) groups excluding carboxylic acids is 3. The first-order valence-corrected chi connectivity index (χ1v) is 13.1. The summed E-state index contributed by atoms with van der Waals surface area (Å²) in [5.41, 5.74) is 2.80. The number of phenols is 1. The number of nitrogens with one attached hydrogen (secondary N) is 2. The van der Waals surface area contributed by atoms with Crippen LogP contribution >= 0.6 is 15.9 Å². The van der Waals surface area contributed by atoms with Crippen LogP contribution in [0.1, 0.15) is 36.7 Å². The number of amides is 3. The number of aromatic hydroxyl groups is 1. The van der Waals surface area contributed by atoms with E-state index < -0.39 is 23.7 Å². The summed E-state index contributed by atoms with van der Waals surface area (Å²) in [7, 11) is 0. The highest BCUT2D eigenvalue weighted by atomic mass is 79.9. The van der Waals surface area contributed by atoms with Crippen molar-refractivity contribution in [1.82, 2.24) is 5.43 Å². The van der Waals surface area contributed by atoms with Crippen molar-refractivity contribution in [2.24, 2.45) is 0 Å². The summed E-state index contributed by atoms with van der Waals surface area (Å²) in [5.74, 6) is -0.750. The molecule has 3 amide bonds. The van der Waals surface area contributed by atoms with Gasteiger partial charge in [0.25, 0.3) is 5.91 Å². The van der Waals surface area contributed by atoms with Gasteiger partial charge in [0.2, 0.25) is 0 Å². The van der Waals surface area contributed by atoms with Gasteiger partial charge in [0, 0.05) is 15.4 Å². The monoisotopic (exact) mass is 605 g/mol. The van der Waals surface area contributed by atoms with Gasteiger partial charge in [-0.1, -0.05) is 64.5 Å². The zero-order valence-corrected chi connectivity index (χ0v) is 23.7. The molecule has 0 aromatic heterocycles. The Morgan fingerprint density at radius 1 is 0.900 bits per heavy atom. The fourth-order valence-electron chi connectivity index (χ4n) is 3.82. The maximum absolute atomic E-state index is 13.4. The zero-order valence-electron chi connectivity index (χ0n) is 22.1. The van der Waals surface area contributed by atoms with Crippen molar-refractivity contribution in [2.75, 3.05) is 10.3 Å². The van der Waals surface area contributed by atoms with E-state index in [0.717, 1.165) is 15.0 Å². The second-order valence-corrected chi connectivity index (χ2v) is 10.7. The molecule has 0 saturated carbocycles. The number of rotatable bonds is 5. The number of carbonyl (C=O) groups is 3. The summed E-state index contributed by atoms with van der Waals surface area (Å²) in [4.78, 5) is 39.3. The topological polar surface area (TPSA) is 117 Å². The van der Waals surface area contributed by atoms with Gasteiger partial charge in [-0.3, -0.25) is 4.79 Å². The first kappa shape index (κ1) is 28.4. The highest BCUT2D eigenvalue weighted by Gasteiger charge is 2.30. The van der Waals surface area contributed by atoms with Crippen molar-refractivity contribution < 1.29 is 29.0 Å². The van der Waals surface area contributed by atoms with Crippen LogP contribution in [0.25, 0.3) is 10.8 Å². The summed E-state index contributed by atoms with van der Waals surface area (Å²) < 4.78 is 11.7. The van der Waals surface area contributed by atoms with Crippen LogP contribution in [-0.2, 0) is 16.1 Å². The number of hydrogen-bond donors (Lipinski definition) is 3. The number of fused-ring (bicyclic) bond motifs is 1. The van der Waals surface area contributed by atoms with E-state index in [1.807, 2.05) is 18.2 Å². The lowest BCUT2D eigenvalue weighted by Crippen LogP contribution is -2.49. The highest BCUT2D eigenvalue weighted by Crippen LogP contribution is 2.40. The Bertz CT molecular complexity index is 1540. The average Bonchev–Trinajstić information content (AvgIpc) is 2.91. The van der Waals surface area contributed by atoms with Crippen molar-refractivity contribution in [2.45, 2.75) is 33.0 Å². The van der Waals surface area contributed by atoms with E-state index in [1.54, 1.807) is 81.4 Å². The Kier molecular flexibility index (Phi) is 8.59. The van der Waals surface area contributed by atoms with Crippen LogP contribution in [0.4, 0.5) is 21.0 Å². The molecular formula is C30H28BrN3O6. The second-order valence-electron chi connectivity index (χ2n) is 9.79. The minimum absolute atomic E-state index is 0.0507. The third kappa shape index (κ3) is 7.09. The van der Waals surface area contributed by atoms with Crippen LogP contribution in [-0.4, -0.2) is 28.8 Å². The molecule has 0 saturated heterocycles. The summed E-state index contributed by atoms with van der Waals surface area (Å²) in [6, 6.07) is 23.9. The molecule has 10 heteroatoms. The molecule has 0 heterocycles. The third-order valence-electron chi connectivity index (χ3n) is 5.57. The Balaban J connectivity index is 1.74. The molecule has 3 N–H and O–H groups in total. The molecule has 40 heavy (non-hydrogen) atoms. The zero-order chi connectivity index (χ0) is 28.9. The Morgan fingerprint density at radius 2 is 1.60 bits per heavy atom. The van der Waals surface area contributed by atoms with E-state index in [2.05, 4.69) is 26.7 Å². The standard InChI is InChI=1S/C30H28BrN3O6/c1-30(2,3)40-29(38)34(33-28(37)39-18-19-8-5-4-6-9-19)26-24(35)17-14-20-10-7-11-23(25(20)26)32-27(36)21-12-15-22(31)16-13-21/h4-17,35H,18H2,1-3H3,(H,32,36)(H,33,37). The molecule has 0 spiro atoms. The molecule has 0 atom stereocenters. The van der Waals surface area contributed by atoms with Crippen LogP contribution < -0.4 is 15.8 Å². The smallest absolute Gasteiger partial charge is 0.434 e. The molecule has 206 valence electrons. The van der Waals surface area contributed by atoms with Crippen molar-refractivity contribution in [3.8, 4) is 5.75 Å².